The number of benzene rings is 3. The Balaban J connectivity index is 1.63. The summed E-state index contributed by atoms with van der Waals surface area (Å²) >= 11 is 0. The van der Waals surface area contributed by atoms with Crippen molar-refractivity contribution < 1.29 is 9.53 Å². The van der Waals surface area contributed by atoms with Gasteiger partial charge in [-0.25, -0.2) is 0 Å². The van der Waals surface area contributed by atoms with Crippen LogP contribution in [0.5, 0.6) is 0 Å². The van der Waals surface area contributed by atoms with Gasteiger partial charge >= 0.3 is 0 Å². The van der Waals surface area contributed by atoms with Crippen molar-refractivity contribution in [2.45, 2.75) is 50.3 Å². The molecular formula is C29H31NO2. The molecule has 1 saturated carbocycles. The lowest BCUT2D eigenvalue weighted by molar-refractivity contribution is -0.192. The van der Waals surface area contributed by atoms with Crippen LogP contribution in [-0.2, 0) is 9.53 Å². The number of carbonyl (C=O) groups excluding carboxylic acids is 1. The third-order valence-corrected chi connectivity index (χ3v) is 7.43. The molecule has 1 heterocycles. The summed E-state index contributed by atoms with van der Waals surface area (Å²) < 4.78 is 6.12. The van der Waals surface area contributed by atoms with Gasteiger partial charge < -0.3 is 9.64 Å². The maximum absolute atomic E-state index is 14.1. The van der Waals surface area contributed by atoms with Crippen molar-refractivity contribution in [1.82, 2.24) is 4.90 Å². The lowest BCUT2D eigenvalue weighted by Crippen LogP contribution is -2.65. The summed E-state index contributed by atoms with van der Waals surface area (Å²) in [5, 5.41) is 0. The van der Waals surface area contributed by atoms with Crippen molar-refractivity contribution in [2.75, 3.05) is 7.11 Å². The van der Waals surface area contributed by atoms with Crippen LogP contribution in [0.3, 0.4) is 0 Å². The summed E-state index contributed by atoms with van der Waals surface area (Å²) in [4.78, 5) is 16.2. The van der Waals surface area contributed by atoms with Gasteiger partial charge in [0.2, 0.25) is 5.91 Å². The van der Waals surface area contributed by atoms with E-state index in [1.165, 1.54) is 12.0 Å². The molecule has 32 heavy (non-hydrogen) atoms. The van der Waals surface area contributed by atoms with Gasteiger partial charge in [0, 0.05) is 7.11 Å². The molecule has 0 aromatic heterocycles. The van der Waals surface area contributed by atoms with E-state index >= 15 is 0 Å². The van der Waals surface area contributed by atoms with Crippen molar-refractivity contribution in [3.63, 3.8) is 0 Å². The standard InChI is InChI=1S/C29H31NO2/c1-32-26(23-16-8-3-9-17-23)25(22-14-6-2-7-15-22)30-27(24-18-10-4-11-19-24)29(28(30)31)20-12-5-13-21-29/h2-4,6-11,14-19,25-27H,5,12-13,20-21H2,1H3/t25-,26+,27+/m0/s1. The van der Waals surface area contributed by atoms with Crippen molar-refractivity contribution in [3.8, 4) is 0 Å². The lowest BCUT2D eigenvalue weighted by atomic mass is 9.59. The molecule has 3 nitrogen and oxygen atoms in total. The molecule has 1 spiro atoms. The van der Waals surface area contributed by atoms with Gasteiger partial charge in [0.25, 0.3) is 0 Å². The highest BCUT2D eigenvalue weighted by molar-refractivity contribution is 5.91. The Bertz CT molecular complexity index is 1030. The summed E-state index contributed by atoms with van der Waals surface area (Å²) in [7, 11) is 1.76. The first-order valence-corrected chi connectivity index (χ1v) is 11.8. The van der Waals surface area contributed by atoms with Crippen LogP contribution in [0.15, 0.2) is 91.0 Å². The Hall–Kier alpha value is -2.91. The highest BCUT2D eigenvalue weighted by atomic mass is 16.5. The van der Waals surface area contributed by atoms with Gasteiger partial charge in [-0.05, 0) is 29.5 Å². The topological polar surface area (TPSA) is 29.5 Å². The number of amides is 1. The molecule has 3 heteroatoms. The van der Waals surface area contributed by atoms with Crippen LogP contribution in [0.1, 0.15) is 67.0 Å². The summed E-state index contributed by atoms with van der Waals surface area (Å²) in [5.74, 6) is 0.290. The first-order chi connectivity index (χ1) is 15.8. The molecule has 3 aromatic carbocycles. The molecule has 5 rings (SSSR count). The fourth-order valence-corrected chi connectivity index (χ4v) is 5.98. The van der Waals surface area contributed by atoms with Crippen LogP contribution in [-0.4, -0.2) is 17.9 Å². The van der Waals surface area contributed by atoms with Crippen LogP contribution >= 0.6 is 0 Å². The maximum Gasteiger partial charge on any atom is 0.232 e. The summed E-state index contributed by atoms with van der Waals surface area (Å²) in [5.41, 5.74) is 3.16. The fraction of sp³-hybridized carbons (Fsp3) is 0.345. The third-order valence-electron chi connectivity index (χ3n) is 7.43. The molecule has 1 amide bonds. The van der Waals surface area contributed by atoms with E-state index in [9.17, 15) is 4.79 Å². The van der Waals surface area contributed by atoms with E-state index in [-0.39, 0.29) is 29.5 Å². The van der Waals surface area contributed by atoms with Gasteiger partial charge in [0.05, 0.1) is 17.5 Å². The van der Waals surface area contributed by atoms with E-state index in [1.54, 1.807) is 7.11 Å². The summed E-state index contributed by atoms with van der Waals surface area (Å²) in [6.07, 6.45) is 5.20. The molecule has 0 radical (unpaired) electrons. The minimum atomic E-state index is -0.276. The predicted molar refractivity (Wildman–Crippen MR) is 127 cm³/mol. The molecule has 1 saturated heterocycles. The second-order valence-corrected chi connectivity index (χ2v) is 9.16. The van der Waals surface area contributed by atoms with Gasteiger partial charge in [-0.15, -0.1) is 0 Å². The third kappa shape index (κ3) is 3.45. The smallest absolute Gasteiger partial charge is 0.232 e. The van der Waals surface area contributed by atoms with Crippen molar-refractivity contribution >= 4 is 5.91 Å². The highest BCUT2D eigenvalue weighted by Gasteiger charge is 2.63. The molecule has 0 unspecified atom stereocenters. The van der Waals surface area contributed by atoms with Crippen LogP contribution < -0.4 is 0 Å². The van der Waals surface area contributed by atoms with E-state index in [4.69, 9.17) is 4.74 Å². The number of β-lactam (4-membered cyclic amide) rings is 1. The van der Waals surface area contributed by atoms with Crippen molar-refractivity contribution in [1.29, 1.82) is 0 Å². The molecule has 0 bridgehead atoms. The number of nitrogens with zero attached hydrogens (tertiary/aromatic N) is 1. The van der Waals surface area contributed by atoms with Gasteiger partial charge in [-0.2, -0.15) is 0 Å². The minimum Gasteiger partial charge on any atom is -0.374 e. The zero-order chi connectivity index (χ0) is 22.0. The average Bonchev–Trinajstić information content (AvgIpc) is 2.88. The average molecular weight is 426 g/mol. The summed E-state index contributed by atoms with van der Waals surface area (Å²) in [6, 6.07) is 31.2. The van der Waals surface area contributed by atoms with Gasteiger partial charge in [-0.1, -0.05) is 110 Å². The second kappa shape index (κ2) is 8.91. The largest absolute Gasteiger partial charge is 0.374 e. The summed E-state index contributed by atoms with van der Waals surface area (Å²) in [6.45, 7) is 0. The van der Waals surface area contributed by atoms with Crippen LogP contribution in [0, 0.1) is 5.41 Å². The minimum absolute atomic E-state index is 0.0723. The normalized spacial score (nSPS) is 21.7. The first kappa shape index (κ1) is 21.0. The number of likely N-dealkylation sites (tertiary alicyclic amines) is 1. The molecule has 0 N–H and O–H groups in total. The number of rotatable bonds is 6. The van der Waals surface area contributed by atoms with Gasteiger partial charge in [-0.3, -0.25) is 4.79 Å². The monoisotopic (exact) mass is 425 g/mol. The molecule has 2 fully saturated rings. The SMILES string of the molecule is CO[C@H](c1ccccc1)[C@H](c1ccccc1)N1C(=O)C2(CCCCC2)[C@H]1c1ccccc1. The van der Waals surface area contributed by atoms with E-state index < -0.39 is 0 Å². The molecular weight excluding hydrogens is 394 g/mol. The van der Waals surface area contributed by atoms with Crippen LogP contribution in [0.4, 0.5) is 0 Å². The van der Waals surface area contributed by atoms with E-state index in [2.05, 4.69) is 71.6 Å². The van der Waals surface area contributed by atoms with E-state index in [1.807, 2.05) is 24.3 Å². The zero-order valence-electron chi connectivity index (χ0n) is 18.7. The first-order valence-electron chi connectivity index (χ1n) is 11.8. The number of methoxy groups -OCH3 is 1. The Morgan fingerprint density at radius 1 is 0.781 bits per heavy atom. The Morgan fingerprint density at radius 2 is 1.31 bits per heavy atom. The molecule has 2 aliphatic rings. The van der Waals surface area contributed by atoms with Crippen molar-refractivity contribution in [3.05, 3.63) is 108 Å². The number of hydrogen-bond donors (Lipinski definition) is 0. The van der Waals surface area contributed by atoms with Crippen molar-refractivity contribution in [2.24, 2.45) is 5.41 Å². The quantitative estimate of drug-likeness (QED) is 0.414. The van der Waals surface area contributed by atoms with Crippen LogP contribution in [0.2, 0.25) is 0 Å². The Morgan fingerprint density at radius 3 is 1.88 bits per heavy atom. The maximum atomic E-state index is 14.1. The van der Waals surface area contributed by atoms with E-state index in [0.29, 0.717) is 0 Å². The number of ether oxygens (including phenoxy) is 1. The van der Waals surface area contributed by atoms with Crippen LogP contribution in [0.25, 0.3) is 0 Å². The molecule has 3 atom stereocenters. The van der Waals surface area contributed by atoms with Gasteiger partial charge in [0.15, 0.2) is 0 Å². The molecule has 3 aromatic rings. The predicted octanol–water partition coefficient (Wildman–Crippen LogP) is 6.65. The second-order valence-electron chi connectivity index (χ2n) is 9.16. The Kier molecular flexibility index (Phi) is 5.84. The zero-order valence-corrected chi connectivity index (χ0v) is 18.7. The molecule has 1 aliphatic carbocycles. The Labute approximate surface area is 191 Å². The van der Waals surface area contributed by atoms with E-state index in [0.717, 1.165) is 36.8 Å². The lowest BCUT2D eigenvalue weighted by Gasteiger charge is -2.61. The molecule has 1 aliphatic heterocycles. The van der Waals surface area contributed by atoms with Gasteiger partial charge in [0.1, 0.15) is 6.10 Å². The fourth-order valence-electron chi connectivity index (χ4n) is 5.98. The molecule has 164 valence electrons. The number of hydrogen-bond acceptors (Lipinski definition) is 2. The number of carbonyl (C=O) groups is 1. The highest BCUT2D eigenvalue weighted by Crippen LogP contribution is 2.61.